The summed E-state index contributed by atoms with van der Waals surface area (Å²) < 4.78 is -0.630. The highest BCUT2D eigenvalue weighted by Crippen LogP contribution is 2.35. The van der Waals surface area contributed by atoms with Crippen LogP contribution in [0.3, 0.4) is 0 Å². The smallest absolute Gasteiger partial charge is 0.206 e. The minimum absolute atomic E-state index is 0.542. The molecule has 5 heteroatoms. The van der Waals surface area contributed by atoms with Crippen molar-refractivity contribution < 1.29 is 9.59 Å². The van der Waals surface area contributed by atoms with Gasteiger partial charge in [0.05, 0.1) is 0 Å². The van der Waals surface area contributed by atoms with Crippen molar-refractivity contribution in [1.82, 2.24) is 4.70 Å². The maximum Gasteiger partial charge on any atom is 0.298 e. The molecule has 0 amide bonds. The fraction of sp³-hybridized carbons (Fsp3) is 0. The Labute approximate surface area is 109 Å². The number of para-hydroxylation sites is 2. The van der Waals surface area contributed by atoms with Crippen molar-refractivity contribution in [2.75, 3.05) is 0 Å². The van der Waals surface area contributed by atoms with Gasteiger partial charge in [-0.3, -0.25) is 0 Å². The van der Waals surface area contributed by atoms with Crippen LogP contribution in [0.5, 0.6) is 0 Å². The molecule has 92 valence electrons. The lowest BCUT2D eigenvalue weighted by Gasteiger charge is -2.20. The number of carbonyl (C=O) groups excluding carboxylic acids is 2. The monoisotopic (exact) mass is 252 g/mol. The van der Waals surface area contributed by atoms with Gasteiger partial charge in [-0.05, 0) is 0 Å². The average molecular weight is 252 g/mol. The molecule has 0 saturated heterocycles. The Bertz CT molecular complexity index is 583. The summed E-state index contributed by atoms with van der Waals surface area (Å²) in [5, 5.41) is 7.38. The Morgan fingerprint density at radius 3 is 1.37 bits per heavy atom. The normalized spacial score (nSPS) is 10.1. The summed E-state index contributed by atoms with van der Waals surface area (Å²) >= 11 is 0. The first-order valence-electron chi connectivity index (χ1n) is 5.52. The standard InChI is InChI=1S/C14H10N3O2/c18-11-15-17(16-12-19,13-7-3-1-4-8-13)14-9-5-2-6-10-14/h1-10H/q+1. The molecule has 0 atom stereocenters. The zero-order chi connectivity index (χ0) is 13.6. The molecule has 0 aliphatic heterocycles. The Morgan fingerprint density at radius 1 is 0.684 bits per heavy atom. The summed E-state index contributed by atoms with van der Waals surface area (Å²) in [4.78, 5) is 21.5. The van der Waals surface area contributed by atoms with Gasteiger partial charge < -0.3 is 0 Å². The second-order valence-corrected chi connectivity index (χ2v) is 3.65. The highest BCUT2D eigenvalue weighted by atomic mass is 16.1. The second kappa shape index (κ2) is 5.67. The highest BCUT2D eigenvalue weighted by molar-refractivity contribution is 5.60. The third-order valence-corrected chi connectivity index (χ3v) is 2.60. The summed E-state index contributed by atoms with van der Waals surface area (Å²) in [5.74, 6) is 0. The number of quaternary nitrogens is 1. The Balaban J connectivity index is 2.75. The van der Waals surface area contributed by atoms with E-state index in [0.29, 0.717) is 11.4 Å². The van der Waals surface area contributed by atoms with Crippen LogP contribution < -0.4 is 4.70 Å². The molecule has 0 aliphatic carbocycles. The van der Waals surface area contributed by atoms with Crippen molar-refractivity contribution in [3.63, 3.8) is 0 Å². The van der Waals surface area contributed by atoms with E-state index in [1.54, 1.807) is 48.5 Å². The molecule has 2 aromatic rings. The fourth-order valence-electron chi connectivity index (χ4n) is 1.79. The number of rotatable bonds is 4. The minimum Gasteiger partial charge on any atom is -0.206 e. The zero-order valence-electron chi connectivity index (χ0n) is 9.93. The molecule has 0 saturated carbocycles. The van der Waals surface area contributed by atoms with Crippen LogP contribution in [-0.4, -0.2) is 12.2 Å². The van der Waals surface area contributed by atoms with Crippen LogP contribution in [0.1, 0.15) is 0 Å². The van der Waals surface area contributed by atoms with Crippen LogP contribution in [0.25, 0.3) is 0 Å². The van der Waals surface area contributed by atoms with E-state index in [-0.39, 0.29) is 0 Å². The van der Waals surface area contributed by atoms with Crippen molar-refractivity contribution in [3.05, 3.63) is 60.7 Å². The maximum absolute atomic E-state index is 10.7. The molecule has 0 bridgehead atoms. The van der Waals surface area contributed by atoms with E-state index in [4.69, 9.17) is 0 Å². The highest BCUT2D eigenvalue weighted by Gasteiger charge is 2.35. The van der Waals surface area contributed by atoms with Crippen LogP contribution in [0.2, 0.25) is 0 Å². The largest absolute Gasteiger partial charge is 0.298 e. The minimum atomic E-state index is -0.630. The molecule has 0 aliphatic rings. The van der Waals surface area contributed by atoms with Gasteiger partial charge in [0.25, 0.3) is 12.2 Å². The lowest BCUT2D eigenvalue weighted by molar-refractivity contribution is 0.413. The van der Waals surface area contributed by atoms with Gasteiger partial charge >= 0.3 is 0 Å². The molecule has 0 unspecified atom stereocenters. The molecule has 0 heterocycles. The number of benzene rings is 2. The molecule has 0 fully saturated rings. The molecule has 0 radical (unpaired) electrons. The quantitative estimate of drug-likeness (QED) is 0.363. The van der Waals surface area contributed by atoms with Gasteiger partial charge in [-0.1, -0.05) is 36.4 Å². The van der Waals surface area contributed by atoms with E-state index in [9.17, 15) is 9.59 Å². The van der Waals surface area contributed by atoms with Gasteiger partial charge in [0.15, 0.2) is 11.4 Å². The number of hydrogen-bond acceptors (Lipinski definition) is 4. The average Bonchev–Trinajstić information content (AvgIpc) is 2.49. The van der Waals surface area contributed by atoms with Crippen molar-refractivity contribution in [2.24, 2.45) is 10.2 Å². The molecule has 2 rings (SSSR count). The summed E-state index contributed by atoms with van der Waals surface area (Å²) in [7, 11) is 0. The topological polar surface area (TPSA) is 58.9 Å². The molecule has 0 aromatic heterocycles. The zero-order valence-corrected chi connectivity index (χ0v) is 9.93. The first-order chi connectivity index (χ1) is 9.33. The van der Waals surface area contributed by atoms with E-state index < -0.39 is 4.70 Å². The predicted octanol–water partition coefficient (Wildman–Crippen LogP) is 2.83. The van der Waals surface area contributed by atoms with Gasteiger partial charge in [-0.25, -0.2) is 9.59 Å². The van der Waals surface area contributed by atoms with Crippen LogP contribution in [0, 0.1) is 0 Å². The van der Waals surface area contributed by atoms with Crippen molar-refractivity contribution >= 4 is 23.5 Å². The van der Waals surface area contributed by atoms with E-state index in [1.807, 2.05) is 12.1 Å². The molecule has 2 aromatic carbocycles. The predicted molar refractivity (Wildman–Crippen MR) is 70.6 cm³/mol. The summed E-state index contributed by atoms with van der Waals surface area (Å²) in [6.07, 6.45) is 2.93. The number of isocyanates is 2. The molecule has 0 N–H and O–H groups in total. The maximum atomic E-state index is 10.7. The Kier molecular flexibility index (Phi) is 3.76. The van der Waals surface area contributed by atoms with Gasteiger partial charge in [-0.2, -0.15) is 0 Å². The molecular formula is C14H10N3O2+. The Morgan fingerprint density at radius 2 is 1.05 bits per heavy atom. The second-order valence-electron chi connectivity index (χ2n) is 3.65. The molecule has 0 spiro atoms. The summed E-state index contributed by atoms with van der Waals surface area (Å²) in [6.45, 7) is 0. The first kappa shape index (κ1) is 12.6. The van der Waals surface area contributed by atoms with E-state index >= 15 is 0 Å². The first-order valence-corrected chi connectivity index (χ1v) is 5.52. The third-order valence-electron chi connectivity index (χ3n) is 2.60. The van der Waals surface area contributed by atoms with Gasteiger partial charge in [0.1, 0.15) is 0 Å². The molecule has 5 nitrogen and oxygen atoms in total. The summed E-state index contributed by atoms with van der Waals surface area (Å²) in [6, 6.07) is 17.6. The van der Waals surface area contributed by atoms with Crippen LogP contribution >= 0.6 is 0 Å². The fourth-order valence-corrected chi connectivity index (χ4v) is 1.79. The van der Waals surface area contributed by atoms with E-state index in [2.05, 4.69) is 10.2 Å². The third kappa shape index (κ3) is 2.39. The van der Waals surface area contributed by atoms with E-state index in [0.717, 1.165) is 0 Å². The molecule has 19 heavy (non-hydrogen) atoms. The molecular weight excluding hydrogens is 242 g/mol. The van der Waals surface area contributed by atoms with E-state index in [1.165, 1.54) is 12.2 Å². The van der Waals surface area contributed by atoms with Crippen molar-refractivity contribution in [1.29, 1.82) is 0 Å². The van der Waals surface area contributed by atoms with Gasteiger partial charge in [0.2, 0.25) is 0 Å². The Hall–Kier alpha value is -2.84. The lowest BCUT2D eigenvalue weighted by atomic mass is 10.2. The van der Waals surface area contributed by atoms with Crippen LogP contribution in [0.4, 0.5) is 11.4 Å². The van der Waals surface area contributed by atoms with Crippen molar-refractivity contribution in [2.45, 2.75) is 0 Å². The summed E-state index contributed by atoms with van der Waals surface area (Å²) in [5.41, 5.74) is 1.08. The number of hydrogen-bond donors (Lipinski definition) is 0. The lowest BCUT2D eigenvalue weighted by Crippen LogP contribution is -2.31. The van der Waals surface area contributed by atoms with Crippen LogP contribution in [0.15, 0.2) is 70.9 Å². The number of nitrogens with zero attached hydrogens (tertiary/aromatic N) is 3. The van der Waals surface area contributed by atoms with Crippen molar-refractivity contribution in [3.8, 4) is 0 Å². The van der Waals surface area contributed by atoms with Gasteiger partial charge in [0, 0.05) is 39.2 Å². The SMILES string of the molecule is O=C=N[N+](N=C=O)(c1ccccc1)c1ccccc1. The van der Waals surface area contributed by atoms with Crippen LogP contribution in [-0.2, 0) is 9.59 Å². The van der Waals surface area contributed by atoms with Gasteiger partial charge in [-0.15, -0.1) is 0 Å².